The third-order valence-electron chi connectivity index (χ3n) is 4.18. The summed E-state index contributed by atoms with van der Waals surface area (Å²) in [7, 11) is 0. The van der Waals surface area contributed by atoms with E-state index in [1.54, 1.807) is 0 Å². The summed E-state index contributed by atoms with van der Waals surface area (Å²) in [6.45, 7) is 5.65. The molecule has 1 amide bonds. The van der Waals surface area contributed by atoms with Gasteiger partial charge in [-0.3, -0.25) is 0 Å². The molecule has 27 heavy (non-hydrogen) atoms. The molecule has 0 spiro atoms. The van der Waals surface area contributed by atoms with Crippen LogP contribution in [0.3, 0.4) is 0 Å². The first-order chi connectivity index (χ1) is 13.0. The van der Waals surface area contributed by atoms with Crippen LogP contribution in [0.1, 0.15) is 25.0 Å². The number of benzene rings is 2. The number of nitrogens with one attached hydrogen (secondary N) is 2. The average Bonchev–Trinajstić information content (AvgIpc) is 2.67. The predicted molar refractivity (Wildman–Crippen MR) is 107 cm³/mol. The lowest BCUT2D eigenvalue weighted by Crippen LogP contribution is -2.49. The van der Waals surface area contributed by atoms with E-state index in [2.05, 4.69) is 24.5 Å². The Morgan fingerprint density at radius 1 is 0.963 bits per heavy atom. The molecule has 2 aromatic carbocycles. The summed E-state index contributed by atoms with van der Waals surface area (Å²) in [6, 6.07) is 18.9. The van der Waals surface area contributed by atoms with Gasteiger partial charge in [0.1, 0.15) is 6.61 Å². The van der Waals surface area contributed by atoms with E-state index in [9.17, 15) is 9.90 Å². The second kappa shape index (κ2) is 11.4. The van der Waals surface area contributed by atoms with Crippen molar-refractivity contribution in [3.05, 3.63) is 71.8 Å². The Morgan fingerprint density at radius 2 is 1.56 bits per heavy atom. The minimum absolute atomic E-state index is 0.201. The Balaban J connectivity index is 1.92. The third kappa shape index (κ3) is 8.24. The molecule has 3 N–H and O–H groups in total. The van der Waals surface area contributed by atoms with Gasteiger partial charge in [0, 0.05) is 6.54 Å². The number of carbonyl (C=O) groups excluding carboxylic acids is 1. The van der Waals surface area contributed by atoms with Crippen LogP contribution in [0.15, 0.2) is 60.7 Å². The van der Waals surface area contributed by atoms with Crippen LogP contribution in [0.2, 0.25) is 0 Å². The summed E-state index contributed by atoms with van der Waals surface area (Å²) in [5, 5.41) is 16.6. The highest BCUT2D eigenvalue weighted by molar-refractivity contribution is 5.67. The number of amides is 1. The van der Waals surface area contributed by atoms with E-state index in [0.29, 0.717) is 18.9 Å². The van der Waals surface area contributed by atoms with Crippen LogP contribution in [-0.4, -0.2) is 36.4 Å². The molecule has 5 heteroatoms. The molecule has 0 radical (unpaired) electrons. The van der Waals surface area contributed by atoms with E-state index in [1.165, 1.54) is 0 Å². The van der Waals surface area contributed by atoms with Gasteiger partial charge in [-0.05, 0) is 30.0 Å². The Hall–Kier alpha value is -2.37. The fraction of sp³-hybridized carbons (Fsp3) is 0.409. The summed E-state index contributed by atoms with van der Waals surface area (Å²) < 4.78 is 5.31. The first-order valence-corrected chi connectivity index (χ1v) is 9.44. The molecule has 0 aliphatic heterocycles. The van der Waals surface area contributed by atoms with Gasteiger partial charge in [0.2, 0.25) is 0 Å². The molecule has 146 valence electrons. The quantitative estimate of drug-likeness (QED) is 0.601. The summed E-state index contributed by atoms with van der Waals surface area (Å²) in [4.78, 5) is 12.2. The molecule has 2 atom stereocenters. The van der Waals surface area contributed by atoms with Crippen LogP contribution in [0, 0.1) is 5.92 Å². The van der Waals surface area contributed by atoms with Crippen molar-refractivity contribution in [1.29, 1.82) is 0 Å². The van der Waals surface area contributed by atoms with Crippen molar-refractivity contribution >= 4 is 6.09 Å². The van der Waals surface area contributed by atoms with Crippen LogP contribution in [0.4, 0.5) is 4.79 Å². The lowest BCUT2D eigenvalue weighted by Gasteiger charge is -2.25. The van der Waals surface area contributed by atoms with Crippen LogP contribution in [0.25, 0.3) is 0 Å². The van der Waals surface area contributed by atoms with Gasteiger partial charge in [-0.15, -0.1) is 0 Å². The Labute approximate surface area is 161 Å². The van der Waals surface area contributed by atoms with Crippen LogP contribution < -0.4 is 10.6 Å². The molecule has 0 saturated carbocycles. The number of alkyl carbamates (subject to hydrolysis) is 1. The van der Waals surface area contributed by atoms with E-state index in [4.69, 9.17) is 4.74 Å². The first-order valence-electron chi connectivity index (χ1n) is 9.44. The molecule has 2 rings (SSSR count). The normalized spacial score (nSPS) is 13.2. The van der Waals surface area contributed by atoms with Crippen molar-refractivity contribution in [3.8, 4) is 0 Å². The van der Waals surface area contributed by atoms with Crippen molar-refractivity contribution in [2.75, 3.05) is 13.1 Å². The van der Waals surface area contributed by atoms with Crippen molar-refractivity contribution < 1.29 is 14.6 Å². The molecule has 2 aromatic rings. The summed E-state index contributed by atoms with van der Waals surface area (Å²) in [5.74, 6) is 0.494. The third-order valence-corrected chi connectivity index (χ3v) is 4.18. The number of carbonyl (C=O) groups is 1. The molecule has 2 unspecified atom stereocenters. The second-order valence-corrected chi connectivity index (χ2v) is 7.12. The van der Waals surface area contributed by atoms with Gasteiger partial charge in [0.15, 0.2) is 0 Å². The fourth-order valence-electron chi connectivity index (χ4n) is 2.73. The highest BCUT2D eigenvalue weighted by Crippen LogP contribution is 2.08. The molecule has 0 bridgehead atoms. The van der Waals surface area contributed by atoms with Gasteiger partial charge in [-0.25, -0.2) is 4.79 Å². The minimum atomic E-state index is -0.715. The zero-order valence-electron chi connectivity index (χ0n) is 16.1. The lowest BCUT2D eigenvalue weighted by molar-refractivity contribution is 0.100. The van der Waals surface area contributed by atoms with Gasteiger partial charge in [0.05, 0.1) is 12.1 Å². The number of hydrogen-bond donors (Lipinski definition) is 3. The SMILES string of the molecule is CC(C)CNCC(O)C(Cc1ccccc1)NC(=O)OCc1ccccc1. The number of ether oxygens (including phenoxy) is 1. The van der Waals surface area contributed by atoms with Gasteiger partial charge in [-0.2, -0.15) is 0 Å². The number of aliphatic hydroxyl groups excluding tert-OH is 1. The van der Waals surface area contributed by atoms with Crippen molar-refractivity contribution in [1.82, 2.24) is 10.6 Å². The molecule has 0 saturated heterocycles. The van der Waals surface area contributed by atoms with Gasteiger partial charge < -0.3 is 20.5 Å². The number of aliphatic hydroxyl groups is 1. The number of hydrogen-bond acceptors (Lipinski definition) is 4. The maximum Gasteiger partial charge on any atom is 0.407 e. The molecule has 0 aliphatic carbocycles. The van der Waals surface area contributed by atoms with Crippen molar-refractivity contribution in [2.45, 2.75) is 39.0 Å². The molecule has 0 aliphatic rings. The van der Waals surface area contributed by atoms with E-state index in [0.717, 1.165) is 17.7 Å². The lowest BCUT2D eigenvalue weighted by atomic mass is 10.0. The maximum atomic E-state index is 12.2. The second-order valence-electron chi connectivity index (χ2n) is 7.12. The highest BCUT2D eigenvalue weighted by atomic mass is 16.5. The van der Waals surface area contributed by atoms with Crippen molar-refractivity contribution in [3.63, 3.8) is 0 Å². The fourth-order valence-corrected chi connectivity index (χ4v) is 2.73. The average molecular weight is 370 g/mol. The molecular weight excluding hydrogens is 340 g/mol. The van der Waals surface area contributed by atoms with E-state index < -0.39 is 18.2 Å². The van der Waals surface area contributed by atoms with Gasteiger partial charge in [-0.1, -0.05) is 74.5 Å². The molecule has 0 heterocycles. The summed E-state index contributed by atoms with van der Waals surface area (Å²) in [6.07, 6.45) is -0.706. The van der Waals surface area contributed by atoms with Crippen LogP contribution >= 0.6 is 0 Å². The van der Waals surface area contributed by atoms with Crippen molar-refractivity contribution in [2.24, 2.45) is 5.92 Å². The molecule has 0 fully saturated rings. The zero-order chi connectivity index (χ0) is 19.5. The van der Waals surface area contributed by atoms with Gasteiger partial charge >= 0.3 is 6.09 Å². The van der Waals surface area contributed by atoms with Gasteiger partial charge in [0.25, 0.3) is 0 Å². The standard InChI is InChI=1S/C22H30N2O3/c1-17(2)14-23-15-21(25)20(13-18-9-5-3-6-10-18)24-22(26)27-16-19-11-7-4-8-12-19/h3-12,17,20-21,23,25H,13-16H2,1-2H3,(H,24,26). The van der Waals surface area contributed by atoms with Crippen LogP contribution in [0.5, 0.6) is 0 Å². The minimum Gasteiger partial charge on any atom is -0.445 e. The molecule has 5 nitrogen and oxygen atoms in total. The summed E-state index contributed by atoms with van der Waals surface area (Å²) in [5.41, 5.74) is 1.97. The highest BCUT2D eigenvalue weighted by Gasteiger charge is 2.22. The summed E-state index contributed by atoms with van der Waals surface area (Å²) >= 11 is 0. The maximum absolute atomic E-state index is 12.2. The Morgan fingerprint density at radius 3 is 2.15 bits per heavy atom. The van der Waals surface area contributed by atoms with Crippen LogP contribution in [-0.2, 0) is 17.8 Å². The Kier molecular flexibility index (Phi) is 8.81. The smallest absolute Gasteiger partial charge is 0.407 e. The topological polar surface area (TPSA) is 70.6 Å². The van der Waals surface area contributed by atoms with E-state index in [1.807, 2.05) is 60.7 Å². The van der Waals surface area contributed by atoms with E-state index >= 15 is 0 Å². The van der Waals surface area contributed by atoms with E-state index in [-0.39, 0.29) is 6.61 Å². The largest absolute Gasteiger partial charge is 0.445 e. The Bertz CT molecular complexity index is 662. The first kappa shape index (κ1) is 20.9. The predicted octanol–water partition coefficient (Wildman–Crippen LogP) is 3.13. The molecular formula is C22H30N2O3. The number of rotatable bonds is 10. The monoisotopic (exact) mass is 370 g/mol. The zero-order valence-corrected chi connectivity index (χ0v) is 16.1. The molecule has 0 aromatic heterocycles.